The summed E-state index contributed by atoms with van der Waals surface area (Å²) in [4.78, 5) is 30.4. The van der Waals surface area contributed by atoms with E-state index >= 15 is 0 Å². The second-order valence-electron chi connectivity index (χ2n) is 9.69. The molecule has 3 N–H and O–H groups in total. The average molecular weight is 538 g/mol. The first-order valence-corrected chi connectivity index (χ1v) is 11.8. The van der Waals surface area contributed by atoms with Gasteiger partial charge < -0.3 is 20.6 Å². The maximum Gasteiger partial charge on any atom is 0.490 e. The van der Waals surface area contributed by atoms with E-state index in [-0.39, 0.29) is 17.3 Å². The Hall–Kier alpha value is -3.94. The van der Waals surface area contributed by atoms with E-state index in [4.69, 9.17) is 9.90 Å². The summed E-state index contributed by atoms with van der Waals surface area (Å²) in [5.41, 5.74) is 3.84. The van der Waals surface area contributed by atoms with E-state index in [1.54, 1.807) is 17.2 Å². The lowest BCUT2D eigenvalue weighted by molar-refractivity contribution is -0.192. The number of pyridine rings is 2. The van der Waals surface area contributed by atoms with Gasteiger partial charge in [0.05, 0.1) is 23.1 Å². The number of carbonyl (C=O) groups is 2. The van der Waals surface area contributed by atoms with Crippen LogP contribution in [0.5, 0.6) is 0 Å². The van der Waals surface area contributed by atoms with Gasteiger partial charge in [0, 0.05) is 49.2 Å². The number of carboxylic acid groups (broad SMARTS) is 1. The van der Waals surface area contributed by atoms with Crippen LogP contribution < -0.4 is 20.4 Å². The van der Waals surface area contributed by atoms with Crippen molar-refractivity contribution in [3.63, 3.8) is 0 Å². The van der Waals surface area contributed by atoms with Gasteiger partial charge in [-0.15, -0.1) is 0 Å². The molecule has 5 heterocycles. The second-order valence-corrected chi connectivity index (χ2v) is 9.69. The molecule has 3 aromatic rings. The first kappa shape index (κ1) is 27.1. The number of amides is 2. The lowest BCUT2D eigenvalue weighted by atomic mass is 10.0. The molecule has 2 aliphatic heterocycles. The number of aliphatic carboxylic acids is 1. The molecule has 38 heavy (non-hydrogen) atoms. The van der Waals surface area contributed by atoms with Crippen molar-refractivity contribution < 1.29 is 32.3 Å². The van der Waals surface area contributed by atoms with Gasteiger partial charge in [-0.3, -0.25) is 4.90 Å². The van der Waals surface area contributed by atoms with E-state index in [0.717, 1.165) is 48.5 Å². The van der Waals surface area contributed by atoms with E-state index in [2.05, 4.69) is 39.5 Å². The van der Waals surface area contributed by atoms with E-state index in [9.17, 15) is 22.4 Å². The second kappa shape index (κ2) is 10.1. The Bertz CT molecular complexity index is 1370. The van der Waals surface area contributed by atoms with E-state index in [0.29, 0.717) is 12.4 Å². The quantitative estimate of drug-likeness (QED) is 0.428. The van der Waals surface area contributed by atoms with Crippen LogP contribution in [0.15, 0.2) is 30.6 Å². The Kier molecular flexibility index (Phi) is 7.19. The number of hydrogen-bond acceptors (Lipinski definition) is 6. The van der Waals surface area contributed by atoms with Crippen LogP contribution in [0.25, 0.3) is 5.52 Å². The molecule has 0 aromatic carbocycles. The van der Waals surface area contributed by atoms with Crippen molar-refractivity contribution in [1.29, 1.82) is 0 Å². The van der Waals surface area contributed by atoms with Gasteiger partial charge >= 0.3 is 18.2 Å². The summed E-state index contributed by atoms with van der Waals surface area (Å²) >= 11 is 0. The Morgan fingerprint density at radius 2 is 1.92 bits per heavy atom. The van der Waals surface area contributed by atoms with Crippen LogP contribution in [0.1, 0.15) is 25.1 Å². The molecule has 14 heteroatoms. The number of alkyl halides is 3. The minimum Gasteiger partial charge on any atom is -0.475 e. The van der Waals surface area contributed by atoms with Crippen LogP contribution in [-0.4, -0.2) is 69.6 Å². The predicted octanol–water partition coefficient (Wildman–Crippen LogP) is 3.59. The van der Waals surface area contributed by atoms with Crippen molar-refractivity contribution in [2.24, 2.45) is 0 Å². The van der Waals surface area contributed by atoms with Gasteiger partial charge in [0.2, 0.25) is 0 Å². The molecule has 1 fully saturated rings. The fourth-order valence-corrected chi connectivity index (χ4v) is 4.53. The largest absolute Gasteiger partial charge is 0.490 e. The summed E-state index contributed by atoms with van der Waals surface area (Å²) in [7, 11) is 0. The number of halogens is 4. The van der Waals surface area contributed by atoms with Crippen LogP contribution in [0.4, 0.5) is 39.5 Å². The Morgan fingerprint density at radius 3 is 2.58 bits per heavy atom. The number of piperazine rings is 1. The van der Waals surface area contributed by atoms with Crippen molar-refractivity contribution in [2.45, 2.75) is 38.9 Å². The number of aryl methyl sites for hydroxylation is 1. The molecule has 0 bridgehead atoms. The van der Waals surface area contributed by atoms with Crippen LogP contribution >= 0.6 is 0 Å². The predicted molar refractivity (Wildman–Crippen MR) is 132 cm³/mol. The van der Waals surface area contributed by atoms with Gasteiger partial charge in [0.1, 0.15) is 5.82 Å². The van der Waals surface area contributed by atoms with Gasteiger partial charge in [0.25, 0.3) is 0 Å². The lowest BCUT2D eigenvalue weighted by Gasteiger charge is -2.41. The molecule has 1 saturated heterocycles. The van der Waals surface area contributed by atoms with Crippen molar-refractivity contribution in [3.05, 3.63) is 47.7 Å². The number of carboxylic acids is 1. The zero-order valence-electron chi connectivity index (χ0n) is 20.9. The highest BCUT2D eigenvalue weighted by molar-refractivity contribution is 6.03. The van der Waals surface area contributed by atoms with Gasteiger partial charge in [-0.25, -0.2) is 23.5 Å². The zero-order chi connectivity index (χ0) is 27.8. The highest BCUT2D eigenvalue weighted by Gasteiger charge is 2.38. The summed E-state index contributed by atoms with van der Waals surface area (Å²) in [6, 6.07) is 5.07. The fourth-order valence-electron chi connectivity index (χ4n) is 4.53. The third kappa shape index (κ3) is 5.79. The number of hydrogen-bond donors (Lipinski definition) is 3. The summed E-state index contributed by atoms with van der Waals surface area (Å²) in [5, 5.41) is 17.6. The Morgan fingerprint density at radius 1 is 1.21 bits per heavy atom. The summed E-state index contributed by atoms with van der Waals surface area (Å²) < 4.78 is 47.7. The molecule has 204 valence electrons. The smallest absolute Gasteiger partial charge is 0.475 e. The van der Waals surface area contributed by atoms with Gasteiger partial charge in [0.15, 0.2) is 5.82 Å². The topological polar surface area (TPSA) is 115 Å². The minimum atomic E-state index is -5.08. The standard InChI is InChI=1S/C22H26FN7O.C2HF3O2/c1-14-10-15-11-18(17(23)12-30(15)27-14)26-21(31)29-8-5-16-19(4-6-24-20(16)29)28-9-7-25-22(2,3)13-28;3-2(4,5)1(6)7/h4,6,10-12,25H,5,7-9,13H2,1-3H3,(H,26,31);(H,6,7). The first-order chi connectivity index (χ1) is 17.7. The van der Waals surface area contributed by atoms with Crippen LogP contribution in [0, 0.1) is 12.7 Å². The summed E-state index contributed by atoms with van der Waals surface area (Å²) in [5.74, 6) is -2.64. The molecule has 0 radical (unpaired) electrons. The van der Waals surface area contributed by atoms with E-state index in [1.807, 2.05) is 19.1 Å². The molecule has 3 aromatic heterocycles. The number of nitrogens with one attached hydrogen (secondary N) is 2. The molecular formula is C24H27F4N7O3. The van der Waals surface area contributed by atoms with E-state index < -0.39 is 18.0 Å². The summed E-state index contributed by atoms with van der Waals surface area (Å²) in [6.45, 7) is 9.42. The monoisotopic (exact) mass is 537 g/mol. The molecule has 2 amide bonds. The molecule has 2 aliphatic rings. The minimum absolute atomic E-state index is 0.0201. The number of urea groups is 1. The van der Waals surface area contributed by atoms with Crippen LogP contribution in [0.2, 0.25) is 0 Å². The third-order valence-electron chi connectivity index (χ3n) is 6.16. The van der Waals surface area contributed by atoms with Crippen LogP contribution in [-0.2, 0) is 11.2 Å². The maximum absolute atomic E-state index is 14.5. The number of rotatable bonds is 2. The van der Waals surface area contributed by atoms with Gasteiger partial charge in [-0.2, -0.15) is 18.3 Å². The normalized spacial score (nSPS) is 16.6. The number of nitrogens with zero attached hydrogens (tertiary/aromatic N) is 5. The molecule has 10 nitrogen and oxygen atoms in total. The third-order valence-corrected chi connectivity index (χ3v) is 6.16. The lowest BCUT2D eigenvalue weighted by Crippen LogP contribution is -2.57. The average Bonchev–Trinajstić information content (AvgIpc) is 3.40. The number of anilines is 3. The van der Waals surface area contributed by atoms with Gasteiger partial charge in [-0.05, 0) is 45.4 Å². The van der Waals surface area contributed by atoms with Crippen molar-refractivity contribution >= 4 is 34.7 Å². The Balaban J connectivity index is 0.000000426. The molecule has 0 aliphatic carbocycles. The fraction of sp³-hybridized carbons (Fsp3) is 0.417. The van der Waals surface area contributed by atoms with E-state index in [1.165, 1.54) is 10.7 Å². The maximum atomic E-state index is 14.5. The van der Waals surface area contributed by atoms with Crippen molar-refractivity contribution in [2.75, 3.05) is 41.3 Å². The zero-order valence-corrected chi connectivity index (χ0v) is 20.9. The van der Waals surface area contributed by atoms with Crippen LogP contribution in [0.3, 0.4) is 0 Å². The molecular weight excluding hydrogens is 510 g/mol. The highest BCUT2D eigenvalue weighted by Crippen LogP contribution is 2.35. The highest BCUT2D eigenvalue weighted by atomic mass is 19.4. The molecule has 0 atom stereocenters. The molecule has 5 rings (SSSR count). The summed E-state index contributed by atoms with van der Waals surface area (Å²) in [6.07, 6.45) is -1.34. The SMILES string of the molecule is Cc1cc2cc(NC(=O)N3CCc4c(N5CCNC(C)(C)C5)ccnc43)c(F)cn2n1.O=C(O)C(F)(F)F. The van der Waals surface area contributed by atoms with Gasteiger partial charge in [-0.1, -0.05) is 0 Å². The number of carbonyl (C=O) groups excluding carboxylic acids is 1. The van der Waals surface area contributed by atoms with Crippen molar-refractivity contribution in [3.8, 4) is 0 Å². The molecule has 0 saturated carbocycles. The number of fused-ring (bicyclic) bond motifs is 2. The first-order valence-electron chi connectivity index (χ1n) is 11.8. The number of aromatic nitrogens is 3. The van der Waals surface area contributed by atoms with Crippen molar-refractivity contribution in [1.82, 2.24) is 19.9 Å². The molecule has 0 unspecified atom stereocenters. The Labute approximate surface area is 215 Å². The molecule has 0 spiro atoms.